The van der Waals surface area contributed by atoms with Crippen LogP contribution in [0.3, 0.4) is 0 Å². The zero-order chi connectivity index (χ0) is 33.6. The largest absolute Gasteiger partial charge is 2.00 e. The van der Waals surface area contributed by atoms with Crippen LogP contribution in [0, 0.1) is 90.3 Å². The maximum absolute atomic E-state index is 2.20. The Kier molecular flexibility index (Phi) is 19.5. The molecule has 4 aromatic rings. The molecular formula is C44H52P2U+2. The molecule has 10 radical (unpaired) electrons. The molecule has 47 heavy (non-hydrogen) atoms. The molecule has 0 bridgehead atoms. The molecule has 0 N–H and O–H groups in total. The molecule has 2 aliphatic rings. The third-order valence-electron chi connectivity index (χ3n) is 9.30. The van der Waals surface area contributed by atoms with E-state index in [1.54, 1.807) is 0 Å². The van der Waals surface area contributed by atoms with Gasteiger partial charge in [-0.3, -0.25) is 0 Å². The molecule has 240 valence electrons. The molecular weight excluding hydrogens is 828 g/mol. The minimum atomic E-state index is 0. The van der Waals surface area contributed by atoms with Gasteiger partial charge in [0, 0.05) is 0 Å². The van der Waals surface area contributed by atoms with E-state index in [1.807, 2.05) is 0 Å². The summed E-state index contributed by atoms with van der Waals surface area (Å²) < 4.78 is 0. The molecule has 0 unspecified atom stereocenters. The molecule has 0 heterocycles. The van der Waals surface area contributed by atoms with Gasteiger partial charge in [-0.1, -0.05) is 208 Å². The monoisotopic (exact) mass is 880 g/mol. The van der Waals surface area contributed by atoms with Crippen molar-refractivity contribution in [1.29, 1.82) is 0 Å². The van der Waals surface area contributed by atoms with Crippen molar-refractivity contribution in [3.8, 4) is 0 Å². The van der Waals surface area contributed by atoms with Crippen molar-refractivity contribution in [1.82, 2.24) is 0 Å². The number of hydrogen-bond acceptors (Lipinski definition) is 0. The number of hydrogen-bond donors (Lipinski definition) is 0. The summed E-state index contributed by atoms with van der Waals surface area (Å²) in [4.78, 5) is 0. The van der Waals surface area contributed by atoms with Gasteiger partial charge in [-0.25, -0.2) is 0 Å². The van der Waals surface area contributed by atoms with Crippen LogP contribution >= 0.6 is 17.2 Å². The van der Waals surface area contributed by atoms with Crippen LogP contribution in [0.4, 0.5) is 0 Å². The van der Waals surface area contributed by atoms with Crippen molar-refractivity contribution in [2.75, 3.05) is 0 Å². The van der Waals surface area contributed by atoms with Crippen molar-refractivity contribution in [2.45, 2.75) is 69.2 Å². The first-order chi connectivity index (χ1) is 22.0. The van der Waals surface area contributed by atoms with E-state index in [9.17, 15) is 0 Å². The molecule has 3 heteroatoms. The Hall–Kier alpha value is -1.21. The second-order valence-electron chi connectivity index (χ2n) is 12.0. The molecule has 4 aromatic carbocycles. The van der Waals surface area contributed by atoms with Crippen LogP contribution in [-0.4, -0.2) is 0 Å². The molecule has 0 amide bonds. The van der Waals surface area contributed by atoms with E-state index in [1.165, 1.54) is 80.4 Å². The third-order valence-corrected chi connectivity index (χ3v) is 11.8. The van der Waals surface area contributed by atoms with Crippen molar-refractivity contribution in [3.63, 3.8) is 0 Å². The maximum Gasteiger partial charge on any atom is 2.00 e. The van der Waals surface area contributed by atoms with Gasteiger partial charge in [0.15, 0.2) is 0 Å². The first-order valence-corrected chi connectivity index (χ1v) is 18.1. The Bertz CT molecular complexity index is 1080. The van der Waals surface area contributed by atoms with Crippen LogP contribution in [0.2, 0.25) is 0 Å². The normalized spacial score (nSPS) is 17.6. The average Bonchev–Trinajstić information content (AvgIpc) is 3.36. The molecule has 0 aromatic heterocycles. The van der Waals surface area contributed by atoms with Crippen molar-refractivity contribution in [2.24, 2.45) is 0 Å². The van der Waals surface area contributed by atoms with Crippen molar-refractivity contribution in [3.05, 3.63) is 181 Å². The van der Waals surface area contributed by atoms with E-state index in [0.29, 0.717) is 0 Å². The predicted octanol–water partition coefficient (Wildman–Crippen LogP) is 10.6. The molecule has 0 spiro atoms. The minimum absolute atomic E-state index is 0. The van der Waals surface area contributed by atoms with E-state index < -0.39 is 0 Å². The van der Waals surface area contributed by atoms with Gasteiger partial charge in [0.25, 0.3) is 0 Å². The summed E-state index contributed by atoms with van der Waals surface area (Å²) in [6.45, 7) is 22.0. The number of benzene rings is 4. The zero-order valence-electron chi connectivity index (χ0n) is 30.0. The Morgan fingerprint density at radius 2 is 0.362 bits per heavy atom. The average molecular weight is 881 g/mol. The molecule has 2 fully saturated rings. The van der Waals surface area contributed by atoms with Crippen LogP contribution in [-0.2, 0) is 0 Å². The predicted molar refractivity (Wildman–Crippen MR) is 210 cm³/mol. The van der Waals surface area contributed by atoms with E-state index in [-0.39, 0.29) is 31.1 Å². The minimum Gasteiger partial charge on any atom is -0.0622 e. The number of rotatable bonds is 4. The Balaban J connectivity index is 0.000000218. The van der Waals surface area contributed by atoms with E-state index in [4.69, 9.17) is 0 Å². The van der Waals surface area contributed by atoms with Crippen LogP contribution in [0.25, 0.3) is 0 Å². The van der Waals surface area contributed by atoms with Crippen molar-refractivity contribution < 1.29 is 31.1 Å². The Morgan fingerprint density at radius 1 is 0.234 bits per heavy atom. The van der Waals surface area contributed by atoms with Gasteiger partial charge >= 0.3 is 31.1 Å². The summed E-state index contributed by atoms with van der Waals surface area (Å²) in [6, 6.07) is 42.3. The molecule has 0 nitrogen and oxygen atoms in total. The third kappa shape index (κ3) is 13.2. The fourth-order valence-corrected chi connectivity index (χ4v) is 7.33. The first kappa shape index (κ1) is 42.0. The van der Waals surface area contributed by atoms with Gasteiger partial charge in [0.2, 0.25) is 0 Å². The molecule has 2 aliphatic carbocycles. The molecule has 6 rings (SSSR count). The zero-order valence-corrected chi connectivity index (χ0v) is 36.2. The summed E-state index contributed by atoms with van der Waals surface area (Å²) >= 11 is 0. The molecule has 0 aliphatic heterocycles. The van der Waals surface area contributed by atoms with Gasteiger partial charge in [-0.05, 0) is 80.4 Å². The van der Waals surface area contributed by atoms with Gasteiger partial charge < -0.3 is 0 Å². The van der Waals surface area contributed by atoms with Gasteiger partial charge in [0.05, 0.1) is 0 Å². The standard InChI is InChI=1S/2C12H11P.2C10H15.U/c2*1-3-7-11(8-4-1)13-12-9-5-2-6-10-12;2*1-6-7(2)9(4)10(5)8(6)3;/h2*1-10,13H;2*1-5H3;/q;;;;+2. The van der Waals surface area contributed by atoms with Crippen LogP contribution < -0.4 is 21.2 Å². The van der Waals surface area contributed by atoms with E-state index in [2.05, 4.69) is 191 Å². The summed E-state index contributed by atoms with van der Waals surface area (Å²) in [7, 11) is 1.55. The molecule has 0 atom stereocenters. The quantitative estimate of drug-likeness (QED) is 0.179. The molecule has 2 saturated carbocycles. The van der Waals surface area contributed by atoms with Crippen molar-refractivity contribution >= 4 is 38.4 Å². The molecule has 0 saturated heterocycles. The van der Waals surface area contributed by atoms with Gasteiger partial charge in [-0.2, -0.15) is 0 Å². The topological polar surface area (TPSA) is 0 Å². The van der Waals surface area contributed by atoms with Gasteiger partial charge in [-0.15, -0.1) is 0 Å². The van der Waals surface area contributed by atoms with Crippen LogP contribution in [0.15, 0.2) is 121 Å². The Morgan fingerprint density at radius 3 is 0.489 bits per heavy atom. The summed E-state index contributed by atoms with van der Waals surface area (Å²) in [5.41, 5.74) is 0. The smallest absolute Gasteiger partial charge is 0.0622 e. The Labute approximate surface area is 317 Å². The van der Waals surface area contributed by atoms with Crippen LogP contribution in [0.1, 0.15) is 69.2 Å². The fourth-order valence-electron chi connectivity index (χ4n) is 5.23. The van der Waals surface area contributed by atoms with E-state index >= 15 is 0 Å². The summed E-state index contributed by atoms with van der Waals surface area (Å²) in [5, 5.41) is 5.59. The van der Waals surface area contributed by atoms with Crippen LogP contribution in [0.5, 0.6) is 0 Å². The summed E-state index contributed by atoms with van der Waals surface area (Å²) in [6.07, 6.45) is 0. The SMILES string of the molecule is C[C]1[C](C)[C](C)[C](C)[C]1C.C[C]1[C](C)[C](C)[C](C)[C]1C.[U+2].c1ccc(Pc2ccccc2)cc1.c1ccc(Pc2ccccc2)cc1. The second kappa shape index (κ2) is 21.8. The second-order valence-corrected chi connectivity index (χ2v) is 14.8. The van der Waals surface area contributed by atoms with E-state index in [0.717, 1.165) is 17.2 Å². The maximum atomic E-state index is 2.20. The fraction of sp³-hybridized carbons (Fsp3) is 0.227. The van der Waals surface area contributed by atoms with Gasteiger partial charge in [0.1, 0.15) is 0 Å². The first-order valence-electron chi connectivity index (χ1n) is 16.1. The summed E-state index contributed by atoms with van der Waals surface area (Å²) in [5.74, 6) is 14.7.